The van der Waals surface area contributed by atoms with E-state index in [4.69, 9.17) is 4.74 Å². The first kappa shape index (κ1) is 14.2. The normalized spacial score (nSPS) is 27.5. The van der Waals surface area contributed by atoms with Crippen molar-refractivity contribution in [2.45, 2.75) is 45.6 Å². The van der Waals surface area contributed by atoms with Gasteiger partial charge in [0.2, 0.25) is 0 Å². The standard InChI is InChI=1S/C17H24N2O2/c1-17(2,3)21-16(20)18-19-11-10-13-9-8-12-6-4-5-7-14(12)15(13)19/h4-7,12-13H,8-11H2,1-3H3,(H,18,20). The number of nitrogens with zero attached hydrogens (tertiary/aromatic N) is 1. The molecule has 3 rings (SSSR count). The van der Waals surface area contributed by atoms with Gasteiger partial charge in [0.15, 0.2) is 0 Å². The molecule has 3 aliphatic rings. The van der Waals surface area contributed by atoms with E-state index in [0.29, 0.717) is 11.8 Å². The second kappa shape index (κ2) is 5.24. The minimum atomic E-state index is -0.469. The van der Waals surface area contributed by atoms with Crippen LogP contribution in [0.15, 0.2) is 35.6 Å². The maximum Gasteiger partial charge on any atom is 0.426 e. The van der Waals surface area contributed by atoms with Gasteiger partial charge in [0.25, 0.3) is 0 Å². The number of nitrogens with one attached hydrogen (secondary N) is 1. The molecular formula is C17H24N2O2. The van der Waals surface area contributed by atoms with E-state index in [2.05, 4.69) is 29.7 Å². The number of hydrazine groups is 1. The highest BCUT2D eigenvalue weighted by molar-refractivity contribution is 5.67. The summed E-state index contributed by atoms with van der Waals surface area (Å²) >= 11 is 0. The Bertz CT molecular complexity index is 525. The molecule has 114 valence electrons. The van der Waals surface area contributed by atoms with Crippen LogP contribution in [-0.2, 0) is 4.74 Å². The summed E-state index contributed by atoms with van der Waals surface area (Å²) in [5.41, 5.74) is 5.11. The van der Waals surface area contributed by atoms with Gasteiger partial charge in [-0.05, 0) is 45.6 Å². The van der Waals surface area contributed by atoms with Crippen molar-refractivity contribution in [3.05, 3.63) is 35.6 Å². The number of ether oxygens (including phenoxy) is 1. The molecule has 2 unspecified atom stereocenters. The number of carbonyl (C=O) groups is 1. The van der Waals surface area contributed by atoms with Crippen molar-refractivity contribution in [1.29, 1.82) is 0 Å². The van der Waals surface area contributed by atoms with Gasteiger partial charge in [-0.1, -0.05) is 24.3 Å². The minimum Gasteiger partial charge on any atom is -0.443 e. The fraction of sp³-hybridized carbons (Fsp3) is 0.588. The van der Waals surface area contributed by atoms with Crippen LogP contribution in [0.5, 0.6) is 0 Å². The van der Waals surface area contributed by atoms with Crippen LogP contribution in [0.4, 0.5) is 4.79 Å². The van der Waals surface area contributed by atoms with E-state index in [0.717, 1.165) is 13.0 Å². The van der Waals surface area contributed by atoms with E-state index in [1.54, 1.807) is 0 Å². The number of hydrogen-bond acceptors (Lipinski definition) is 3. The maximum atomic E-state index is 12.0. The maximum absolute atomic E-state index is 12.0. The van der Waals surface area contributed by atoms with Gasteiger partial charge in [-0.3, -0.25) is 5.01 Å². The highest BCUT2D eigenvalue weighted by atomic mass is 16.6. The Morgan fingerprint density at radius 1 is 1.29 bits per heavy atom. The summed E-state index contributed by atoms with van der Waals surface area (Å²) in [6.45, 7) is 6.51. The predicted molar refractivity (Wildman–Crippen MR) is 82.2 cm³/mol. The molecule has 1 fully saturated rings. The van der Waals surface area contributed by atoms with Gasteiger partial charge in [-0.15, -0.1) is 0 Å². The molecule has 0 bridgehead atoms. The van der Waals surface area contributed by atoms with Crippen molar-refractivity contribution in [1.82, 2.24) is 10.4 Å². The quantitative estimate of drug-likeness (QED) is 0.802. The Morgan fingerprint density at radius 3 is 2.86 bits per heavy atom. The zero-order chi connectivity index (χ0) is 15.0. The molecule has 0 saturated carbocycles. The monoisotopic (exact) mass is 288 g/mol. The molecule has 1 saturated heterocycles. The Kier molecular flexibility index (Phi) is 3.56. The summed E-state index contributed by atoms with van der Waals surface area (Å²) < 4.78 is 5.37. The molecular weight excluding hydrogens is 264 g/mol. The van der Waals surface area contributed by atoms with Gasteiger partial charge in [-0.25, -0.2) is 10.2 Å². The Labute approximate surface area is 126 Å². The first-order valence-corrected chi connectivity index (χ1v) is 7.80. The highest BCUT2D eigenvalue weighted by Crippen LogP contribution is 2.43. The highest BCUT2D eigenvalue weighted by Gasteiger charge is 2.37. The number of fused-ring (bicyclic) bond motifs is 2. The van der Waals surface area contributed by atoms with Crippen LogP contribution in [0.1, 0.15) is 40.0 Å². The fourth-order valence-electron chi connectivity index (χ4n) is 3.45. The lowest BCUT2D eigenvalue weighted by molar-refractivity contribution is 0.0392. The third-order valence-corrected chi connectivity index (χ3v) is 4.26. The summed E-state index contributed by atoms with van der Waals surface area (Å²) in [6.07, 6.45) is 11.8. The fourth-order valence-corrected chi connectivity index (χ4v) is 3.45. The molecule has 0 aromatic carbocycles. The Morgan fingerprint density at radius 2 is 2.10 bits per heavy atom. The van der Waals surface area contributed by atoms with Crippen molar-refractivity contribution in [3.63, 3.8) is 0 Å². The van der Waals surface area contributed by atoms with Crippen LogP contribution in [0.2, 0.25) is 0 Å². The predicted octanol–water partition coefficient (Wildman–Crippen LogP) is 3.54. The van der Waals surface area contributed by atoms with Crippen molar-refractivity contribution >= 4 is 6.09 Å². The molecule has 0 radical (unpaired) electrons. The van der Waals surface area contributed by atoms with E-state index in [1.807, 2.05) is 25.8 Å². The third-order valence-electron chi connectivity index (χ3n) is 4.26. The summed E-state index contributed by atoms with van der Waals surface area (Å²) in [6, 6.07) is 0. The number of rotatable bonds is 1. The van der Waals surface area contributed by atoms with Crippen LogP contribution in [-0.4, -0.2) is 23.2 Å². The Hall–Kier alpha value is -1.71. The molecule has 0 spiro atoms. The summed E-state index contributed by atoms with van der Waals surface area (Å²) in [7, 11) is 0. The van der Waals surface area contributed by atoms with Crippen LogP contribution in [0.3, 0.4) is 0 Å². The molecule has 1 N–H and O–H groups in total. The minimum absolute atomic E-state index is 0.367. The molecule has 21 heavy (non-hydrogen) atoms. The molecule has 0 aromatic heterocycles. The largest absolute Gasteiger partial charge is 0.443 e. The molecule has 1 amide bonds. The van der Waals surface area contributed by atoms with Gasteiger partial charge < -0.3 is 4.74 Å². The summed E-state index contributed by atoms with van der Waals surface area (Å²) in [5.74, 6) is 1.07. The van der Waals surface area contributed by atoms with E-state index >= 15 is 0 Å². The second-order valence-corrected chi connectivity index (χ2v) is 7.02. The molecule has 4 nitrogen and oxygen atoms in total. The van der Waals surface area contributed by atoms with Crippen LogP contribution in [0, 0.1) is 11.8 Å². The SMILES string of the molecule is CC(C)(C)OC(=O)NN1CCC2CCC3C=CC=CC3=C21. The third kappa shape index (κ3) is 2.99. The molecule has 2 atom stereocenters. The number of amides is 1. The number of allylic oxidation sites excluding steroid dienone is 6. The smallest absolute Gasteiger partial charge is 0.426 e. The van der Waals surface area contributed by atoms with Gasteiger partial charge in [-0.2, -0.15) is 0 Å². The number of hydrogen-bond donors (Lipinski definition) is 1. The lowest BCUT2D eigenvalue weighted by atomic mass is 9.78. The number of carbonyl (C=O) groups excluding carboxylic acids is 1. The molecule has 1 aliphatic heterocycles. The summed E-state index contributed by atoms with van der Waals surface area (Å²) in [4.78, 5) is 12.0. The molecule has 0 aromatic rings. The van der Waals surface area contributed by atoms with Gasteiger partial charge in [0.05, 0.1) is 0 Å². The molecule has 1 heterocycles. The second-order valence-electron chi connectivity index (χ2n) is 7.02. The lowest BCUT2D eigenvalue weighted by Crippen LogP contribution is -2.43. The summed E-state index contributed by atoms with van der Waals surface area (Å²) in [5, 5.41) is 2.00. The van der Waals surface area contributed by atoms with Crippen molar-refractivity contribution in [2.24, 2.45) is 11.8 Å². The van der Waals surface area contributed by atoms with E-state index in [1.165, 1.54) is 24.1 Å². The first-order chi connectivity index (χ1) is 9.94. The zero-order valence-corrected chi connectivity index (χ0v) is 13.1. The van der Waals surface area contributed by atoms with E-state index < -0.39 is 5.60 Å². The van der Waals surface area contributed by atoms with Gasteiger partial charge in [0.1, 0.15) is 5.60 Å². The lowest BCUT2D eigenvalue weighted by Gasteiger charge is -2.33. The molecule has 2 aliphatic carbocycles. The topological polar surface area (TPSA) is 41.6 Å². The van der Waals surface area contributed by atoms with E-state index in [9.17, 15) is 4.79 Å². The average molecular weight is 288 g/mol. The Balaban J connectivity index is 1.78. The average Bonchev–Trinajstić information content (AvgIpc) is 2.80. The molecule has 4 heteroatoms. The van der Waals surface area contributed by atoms with Crippen LogP contribution >= 0.6 is 0 Å². The van der Waals surface area contributed by atoms with Gasteiger partial charge >= 0.3 is 6.09 Å². The van der Waals surface area contributed by atoms with Crippen LogP contribution in [0.25, 0.3) is 0 Å². The first-order valence-electron chi connectivity index (χ1n) is 7.80. The van der Waals surface area contributed by atoms with Crippen molar-refractivity contribution < 1.29 is 9.53 Å². The van der Waals surface area contributed by atoms with Crippen LogP contribution < -0.4 is 5.43 Å². The van der Waals surface area contributed by atoms with E-state index in [-0.39, 0.29) is 6.09 Å². The van der Waals surface area contributed by atoms with Crippen molar-refractivity contribution in [2.75, 3.05) is 6.54 Å². The van der Waals surface area contributed by atoms with Crippen molar-refractivity contribution in [3.8, 4) is 0 Å². The zero-order valence-electron chi connectivity index (χ0n) is 13.1. The van der Waals surface area contributed by atoms with Gasteiger partial charge in [0, 0.05) is 24.1 Å².